The second-order valence-corrected chi connectivity index (χ2v) is 3.27. The molecule has 0 unspecified atom stereocenters. The molecule has 0 radical (unpaired) electrons. The van der Waals surface area contributed by atoms with Crippen LogP contribution >= 0.6 is 0 Å². The lowest BCUT2D eigenvalue weighted by molar-refractivity contribution is 0.0691. The number of rotatable bonds is 4. The molecule has 0 saturated carbocycles. The van der Waals surface area contributed by atoms with Gasteiger partial charge >= 0.3 is 5.97 Å². The first-order valence-electron chi connectivity index (χ1n) is 4.79. The predicted octanol–water partition coefficient (Wildman–Crippen LogP) is -0.0846. The summed E-state index contributed by atoms with van der Waals surface area (Å²) in [5.74, 6) is -0.242. The van der Waals surface area contributed by atoms with Crippen molar-refractivity contribution in [2.45, 2.75) is 6.54 Å². The van der Waals surface area contributed by atoms with Gasteiger partial charge in [-0.1, -0.05) is 0 Å². The number of aryl methyl sites for hydroxylation is 1. The first-order valence-corrected chi connectivity index (χ1v) is 4.79. The van der Waals surface area contributed by atoms with E-state index in [2.05, 4.69) is 25.5 Å². The van der Waals surface area contributed by atoms with Gasteiger partial charge in [0.25, 0.3) is 0 Å². The highest BCUT2D eigenvalue weighted by Crippen LogP contribution is 2.09. The lowest BCUT2D eigenvalue weighted by Gasteiger charge is -2.06. The summed E-state index contributed by atoms with van der Waals surface area (Å²) in [7, 11) is 1.80. The fourth-order valence-corrected chi connectivity index (χ4v) is 1.25. The van der Waals surface area contributed by atoms with Crippen LogP contribution in [0, 0.1) is 0 Å². The normalized spacial score (nSPS) is 10.2. The van der Waals surface area contributed by atoms with Crippen LogP contribution in [0.1, 0.15) is 16.3 Å². The Morgan fingerprint density at radius 2 is 2.24 bits per heavy atom. The van der Waals surface area contributed by atoms with Crippen LogP contribution in [0.4, 0.5) is 5.82 Å². The number of carboxylic acid groups (broad SMARTS) is 1. The molecule has 17 heavy (non-hydrogen) atoms. The van der Waals surface area contributed by atoms with Gasteiger partial charge < -0.3 is 15.0 Å². The second-order valence-electron chi connectivity index (χ2n) is 3.27. The average Bonchev–Trinajstić information content (AvgIpc) is 2.72. The van der Waals surface area contributed by atoms with Crippen molar-refractivity contribution in [1.29, 1.82) is 0 Å². The number of nitrogens with zero attached hydrogens (tertiary/aromatic N) is 5. The lowest BCUT2D eigenvalue weighted by atomic mass is 10.4. The fraction of sp³-hybridized carbons (Fsp3) is 0.222. The Hall–Kier alpha value is -2.51. The minimum absolute atomic E-state index is 0.116. The van der Waals surface area contributed by atoms with E-state index in [1.54, 1.807) is 17.9 Å². The molecule has 8 heteroatoms. The topological polar surface area (TPSA) is 106 Å². The van der Waals surface area contributed by atoms with Crippen molar-refractivity contribution in [2.24, 2.45) is 7.05 Å². The van der Waals surface area contributed by atoms with Gasteiger partial charge in [0.1, 0.15) is 6.33 Å². The summed E-state index contributed by atoms with van der Waals surface area (Å²) in [5.41, 5.74) is -0.116. The number of hydrogen-bond donors (Lipinski definition) is 2. The van der Waals surface area contributed by atoms with Crippen LogP contribution in [-0.2, 0) is 13.6 Å². The van der Waals surface area contributed by atoms with Gasteiger partial charge in [-0.3, -0.25) is 0 Å². The van der Waals surface area contributed by atoms with Crippen LogP contribution < -0.4 is 5.32 Å². The van der Waals surface area contributed by atoms with Crippen molar-refractivity contribution >= 4 is 11.8 Å². The fourth-order valence-electron chi connectivity index (χ4n) is 1.25. The number of carboxylic acids is 1. The van der Waals surface area contributed by atoms with Crippen LogP contribution in [0.2, 0.25) is 0 Å². The zero-order valence-electron chi connectivity index (χ0n) is 9.03. The molecular formula is C9H10N6O2. The van der Waals surface area contributed by atoms with E-state index in [1.165, 1.54) is 12.4 Å². The van der Waals surface area contributed by atoms with Gasteiger partial charge in [-0.05, 0) is 0 Å². The highest BCUT2D eigenvalue weighted by atomic mass is 16.4. The van der Waals surface area contributed by atoms with Gasteiger partial charge in [0, 0.05) is 19.4 Å². The summed E-state index contributed by atoms with van der Waals surface area (Å²) in [6.45, 7) is 0.329. The number of hydrogen-bond acceptors (Lipinski definition) is 6. The molecule has 2 rings (SSSR count). The monoisotopic (exact) mass is 234 g/mol. The van der Waals surface area contributed by atoms with Crippen molar-refractivity contribution in [3.8, 4) is 0 Å². The SMILES string of the molecule is Cn1cnnc1CNc1nccnc1C(=O)O. The average molecular weight is 234 g/mol. The highest BCUT2D eigenvalue weighted by molar-refractivity contribution is 5.90. The molecule has 2 N–H and O–H groups in total. The largest absolute Gasteiger partial charge is 0.476 e. The minimum atomic E-state index is -1.13. The van der Waals surface area contributed by atoms with Crippen LogP contribution in [0.5, 0.6) is 0 Å². The number of aromatic carboxylic acids is 1. The first-order chi connectivity index (χ1) is 8.18. The third-order valence-electron chi connectivity index (χ3n) is 2.12. The van der Waals surface area contributed by atoms with E-state index in [9.17, 15) is 4.79 Å². The van der Waals surface area contributed by atoms with Gasteiger partial charge in [-0.25, -0.2) is 14.8 Å². The van der Waals surface area contributed by atoms with Crippen LogP contribution in [0.3, 0.4) is 0 Å². The van der Waals surface area contributed by atoms with Crippen molar-refractivity contribution in [3.05, 3.63) is 30.2 Å². The molecule has 0 spiro atoms. The van der Waals surface area contributed by atoms with Crippen molar-refractivity contribution in [3.63, 3.8) is 0 Å². The lowest BCUT2D eigenvalue weighted by Crippen LogP contribution is -2.12. The second kappa shape index (κ2) is 4.56. The number of aromatic nitrogens is 5. The zero-order chi connectivity index (χ0) is 12.3. The number of anilines is 1. The van der Waals surface area contributed by atoms with E-state index >= 15 is 0 Å². The van der Waals surface area contributed by atoms with Gasteiger partial charge in [0.2, 0.25) is 0 Å². The maximum Gasteiger partial charge on any atom is 0.358 e. The molecule has 8 nitrogen and oxygen atoms in total. The summed E-state index contributed by atoms with van der Waals surface area (Å²) >= 11 is 0. The van der Waals surface area contributed by atoms with Crippen LogP contribution in [0.25, 0.3) is 0 Å². The molecule has 0 aliphatic heterocycles. The van der Waals surface area contributed by atoms with Gasteiger partial charge in [0.05, 0.1) is 6.54 Å². The van der Waals surface area contributed by atoms with E-state index in [4.69, 9.17) is 5.11 Å². The number of carbonyl (C=O) groups is 1. The molecule has 0 fully saturated rings. The van der Waals surface area contributed by atoms with Gasteiger partial charge in [-0.15, -0.1) is 10.2 Å². The van der Waals surface area contributed by atoms with E-state index in [0.29, 0.717) is 12.4 Å². The summed E-state index contributed by atoms with van der Waals surface area (Å²) in [5, 5.41) is 19.3. The van der Waals surface area contributed by atoms with E-state index in [1.807, 2.05) is 0 Å². The Morgan fingerprint density at radius 3 is 2.88 bits per heavy atom. The molecule has 2 heterocycles. The Kier molecular flexibility index (Phi) is 2.95. The van der Waals surface area contributed by atoms with Gasteiger partial charge in [0.15, 0.2) is 17.3 Å². The smallest absolute Gasteiger partial charge is 0.358 e. The van der Waals surface area contributed by atoms with Crippen molar-refractivity contribution in [1.82, 2.24) is 24.7 Å². The molecule has 0 aliphatic carbocycles. The molecule has 0 atom stereocenters. The zero-order valence-corrected chi connectivity index (χ0v) is 9.03. The molecule has 2 aromatic rings. The quantitative estimate of drug-likeness (QED) is 0.761. The van der Waals surface area contributed by atoms with E-state index in [-0.39, 0.29) is 11.5 Å². The predicted molar refractivity (Wildman–Crippen MR) is 57.3 cm³/mol. The van der Waals surface area contributed by atoms with Gasteiger partial charge in [-0.2, -0.15) is 0 Å². The molecule has 0 aliphatic rings. The summed E-state index contributed by atoms with van der Waals surface area (Å²) < 4.78 is 1.73. The third-order valence-corrected chi connectivity index (χ3v) is 2.12. The molecule has 88 valence electrons. The highest BCUT2D eigenvalue weighted by Gasteiger charge is 2.12. The molecule has 0 saturated heterocycles. The molecule has 2 aromatic heterocycles. The Labute approximate surface area is 96.4 Å². The molecule has 0 bridgehead atoms. The number of nitrogens with one attached hydrogen (secondary N) is 1. The Morgan fingerprint density at radius 1 is 1.47 bits per heavy atom. The van der Waals surface area contributed by atoms with Crippen LogP contribution in [-0.4, -0.2) is 35.8 Å². The van der Waals surface area contributed by atoms with E-state index in [0.717, 1.165) is 0 Å². The standard InChI is InChI=1S/C9H10N6O2/c1-15-5-13-14-6(15)4-12-8-7(9(16)17)10-2-3-11-8/h2-3,5H,4H2,1H3,(H,11,12)(H,16,17). The summed E-state index contributed by atoms with van der Waals surface area (Å²) in [4.78, 5) is 18.5. The Balaban J connectivity index is 2.14. The molecular weight excluding hydrogens is 224 g/mol. The maximum atomic E-state index is 10.9. The van der Waals surface area contributed by atoms with Crippen molar-refractivity contribution in [2.75, 3.05) is 5.32 Å². The first kappa shape index (κ1) is 11.0. The molecule has 0 amide bonds. The summed E-state index contributed by atoms with van der Waals surface area (Å²) in [6, 6.07) is 0. The van der Waals surface area contributed by atoms with Crippen LogP contribution in [0.15, 0.2) is 18.7 Å². The minimum Gasteiger partial charge on any atom is -0.476 e. The van der Waals surface area contributed by atoms with E-state index < -0.39 is 5.97 Å². The third kappa shape index (κ3) is 2.36. The summed E-state index contributed by atoms with van der Waals surface area (Å²) in [6.07, 6.45) is 4.31. The molecule has 0 aromatic carbocycles. The van der Waals surface area contributed by atoms with Crippen molar-refractivity contribution < 1.29 is 9.90 Å². The maximum absolute atomic E-state index is 10.9. The Bertz CT molecular complexity index is 538.